The summed E-state index contributed by atoms with van der Waals surface area (Å²) in [4.78, 5) is 11.1. The van der Waals surface area contributed by atoms with Gasteiger partial charge in [0.25, 0.3) is 0 Å². The lowest BCUT2D eigenvalue weighted by Crippen LogP contribution is -2.05. The number of hydrogen-bond donors (Lipinski definition) is 1. The van der Waals surface area contributed by atoms with Gasteiger partial charge < -0.3 is 14.6 Å². The predicted molar refractivity (Wildman–Crippen MR) is 65.0 cm³/mol. The monoisotopic (exact) mass is 238 g/mol. The molecule has 0 aliphatic carbocycles. The summed E-state index contributed by atoms with van der Waals surface area (Å²) in [5, 5.41) is 9.08. The molecule has 0 heterocycles. The highest BCUT2D eigenvalue weighted by Gasteiger charge is 2.12. The first-order valence-electron chi connectivity index (χ1n) is 5.82. The van der Waals surface area contributed by atoms with Crippen LogP contribution in [0.15, 0.2) is 18.2 Å². The van der Waals surface area contributed by atoms with Crippen molar-refractivity contribution in [3.63, 3.8) is 0 Å². The van der Waals surface area contributed by atoms with Crippen LogP contribution in [0.5, 0.6) is 11.5 Å². The molecule has 0 atom stereocenters. The average Bonchev–Trinajstić information content (AvgIpc) is 2.34. The van der Waals surface area contributed by atoms with Crippen LogP contribution in [-0.4, -0.2) is 24.3 Å². The summed E-state index contributed by atoms with van der Waals surface area (Å²) < 4.78 is 10.8. The minimum absolute atomic E-state index is 0.145. The smallest absolute Gasteiger partial charge is 0.339 e. The zero-order valence-electron chi connectivity index (χ0n) is 10.2. The zero-order valence-corrected chi connectivity index (χ0v) is 10.2. The number of aromatic carboxylic acids is 1. The van der Waals surface area contributed by atoms with E-state index in [1.807, 2.05) is 13.8 Å². The number of carbonyl (C=O) groups is 1. The first-order valence-corrected chi connectivity index (χ1v) is 5.82. The summed E-state index contributed by atoms with van der Waals surface area (Å²) in [6, 6.07) is 4.88. The fraction of sp³-hybridized carbons (Fsp3) is 0.462. The van der Waals surface area contributed by atoms with Gasteiger partial charge in [0.1, 0.15) is 17.1 Å². The molecule has 0 amide bonds. The summed E-state index contributed by atoms with van der Waals surface area (Å²) in [5.41, 5.74) is 0.145. The minimum Gasteiger partial charge on any atom is -0.494 e. The number of benzene rings is 1. The molecule has 1 aromatic rings. The minimum atomic E-state index is -1.00. The van der Waals surface area contributed by atoms with Crippen LogP contribution in [0.4, 0.5) is 0 Å². The van der Waals surface area contributed by atoms with Crippen molar-refractivity contribution in [3.8, 4) is 11.5 Å². The fourth-order valence-corrected chi connectivity index (χ4v) is 1.32. The Morgan fingerprint density at radius 3 is 2.41 bits per heavy atom. The van der Waals surface area contributed by atoms with Gasteiger partial charge in [0, 0.05) is 0 Å². The molecule has 1 N–H and O–H groups in total. The molecule has 0 aliphatic heterocycles. The van der Waals surface area contributed by atoms with Crippen LogP contribution in [0.3, 0.4) is 0 Å². The van der Waals surface area contributed by atoms with E-state index < -0.39 is 5.97 Å². The van der Waals surface area contributed by atoms with E-state index in [9.17, 15) is 4.79 Å². The molecule has 0 saturated carbocycles. The van der Waals surface area contributed by atoms with Crippen LogP contribution in [0.25, 0.3) is 0 Å². The zero-order chi connectivity index (χ0) is 12.7. The average molecular weight is 238 g/mol. The third-order valence-corrected chi connectivity index (χ3v) is 2.12. The second-order valence-corrected chi connectivity index (χ2v) is 3.66. The number of hydrogen-bond acceptors (Lipinski definition) is 3. The van der Waals surface area contributed by atoms with E-state index in [1.54, 1.807) is 12.1 Å². The maximum Gasteiger partial charge on any atom is 0.339 e. The highest BCUT2D eigenvalue weighted by Crippen LogP contribution is 2.24. The van der Waals surface area contributed by atoms with Crippen LogP contribution < -0.4 is 9.47 Å². The molecular formula is C13H18O4. The van der Waals surface area contributed by atoms with Gasteiger partial charge in [0.15, 0.2) is 0 Å². The van der Waals surface area contributed by atoms with Gasteiger partial charge in [-0.25, -0.2) is 4.79 Å². The number of carboxylic acids is 1. The predicted octanol–water partition coefficient (Wildman–Crippen LogP) is 2.96. The summed E-state index contributed by atoms with van der Waals surface area (Å²) >= 11 is 0. The Morgan fingerprint density at radius 2 is 1.82 bits per heavy atom. The second-order valence-electron chi connectivity index (χ2n) is 3.66. The van der Waals surface area contributed by atoms with E-state index in [2.05, 4.69) is 0 Å². The van der Waals surface area contributed by atoms with E-state index in [1.165, 1.54) is 6.07 Å². The molecule has 1 rings (SSSR count). The molecule has 0 aromatic heterocycles. The van der Waals surface area contributed by atoms with E-state index in [4.69, 9.17) is 14.6 Å². The summed E-state index contributed by atoms with van der Waals surface area (Å²) in [6.45, 7) is 5.06. The summed E-state index contributed by atoms with van der Waals surface area (Å²) in [7, 11) is 0. The van der Waals surface area contributed by atoms with Crippen LogP contribution in [0.1, 0.15) is 37.0 Å². The van der Waals surface area contributed by atoms with Gasteiger partial charge in [-0.3, -0.25) is 0 Å². The molecule has 0 radical (unpaired) electrons. The summed E-state index contributed by atoms with van der Waals surface area (Å²) in [6.07, 6.45) is 1.73. The third kappa shape index (κ3) is 3.98. The van der Waals surface area contributed by atoms with Gasteiger partial charge in [-0.2, -0.15) is 0 Å². The highest BCUT2D eigenvalue weighted by molar-refractivity contribution is 5.91. The lowest BCUT2D eigenvalue weighted by atomic mass is 10.2. The largest absolute Gasteiger partial charge is 0.494 e. The van der Waals surface area contributed by atoms with Crippen LogP contribution in [0, 0.1) is 0 Å². The molecule has 0 saturated heterocycles. The maximum atomic E-state index is 11.1. The van der Waals surface area contributed by atoms with Crippen molar-refractivity contribution in [1.29, 1.82) is 0 Å². The molecule has 0 aliphatic rings. The third-order valence-electron chi connectivity index (χ3n) is 2.12. The van der Waals surface area contributed by atoms with Crippen LogP contribution >= 0.6 is 0 Å². The molecule has 0 spiro atoms. The Morgan fingerprint density at radius 1 is 1.18 bits per heavy atom. The molecule has 4 nitrogen and oxygen atoms in total. The van der Waals surface area contributed by atoms with Crippen molar-refractivity contribution in [3.05, 3.63) is 23.8 Å². The van der Waals surface area contributed by atoms with E-state index >= 15 is 0 Å². The highest BCUT2D eigenvalue weighted by atomic mass is 16.5. The van der Waals surface area contributed by atoms with Crippen molar-refractivity contribution in [1.82, 2.24) is 0 Å². The van der Waals surface area contributed by atoms with Crippen LogP contribution in [-0.2, 0) is 0 Å². The Kier molecular flexibility index (Phi) is 5.33. The maximum absolute atomic E-state index is 11.1. The van der Waals surface area contributed by atoms with Gasteiger partial charge >= 0.3 is 5.97 Å². The van der Waals surface area contributed by atoms with Crippen molar-refractivity contribution >= 4 is 5.97 Å². The van der Waals surface area contributed by atoms with Gasteiger partial charge in [-0.15, -0.1) is 0 Å². The van der Waals surface area contributed by atoms with Gasteiger partial charge in [0.2, 0.25) is 0 Å². The fourth-order valence-electron chi connectivity index (χ4n) is 1.32. The molecule has 0 unspecified atom stereocenters. The van der Waals surface area contributed by atoms with Crippen molar-refractivity contribution < 1.29 is 19.4 Å². The molecule has 17 heavy (non-hydrogen) atoms. The number of rotatable bonds is 7. The molecule has 4 heteroatoms. The lowest BCUT2D eigenvalue weighted by molar-refractivity contribution is 0.0691. The van der Waals surface area contributed by atoms with Gasteiger partial charge in [-0.1, -0.05) is 13.8 Å². The number of carboxylic acid groups (broad SMARTS) is 1. The standard InChI is InChI=1S/C13H18O4/c1-3-7-16-10-5-6-12(17-8-4-2)11(9-10)13(14)15/h5-6,9H,3-4,7-8H2,1-2H3,(H,14,15). The van der Waals surface area contributed by atoms with E-state index in [0.717, 1.165) is 12.8 Å². The van der Waals surface area contributed by atoms with Crippen molar-refractivity contribution in [2.24, 2.45) is 0 Å². The second kappa shape index (κ2) is 6.78. The topological polar surface area (TPSA) is 55.8 Å². The van der Waals surface area contributed by atoms with E-state index in [-0.39, 0.29) is 5.56 Å². The first kappa shape index (κ1) is 13.4. The number of ether oxygens (including phenoxy) is 2. The van der Waals surface area contributed by atoms with E-state index in [0.29, 0.717) is 24.7 Å². The molecule has 1 aromatic carbocycles. The Labute approximate surface area is 101 Å². The summed E-state index contributed by atoms with van der Waals surface area (Å²) in [5.74, 6) is -0.0469. The van der Waals surface area contributed by atoms with Gasteiger partial charge in [-0.05, 0) is 31.0 Å². The van der Waals surface area contributed by atoms with Crippen molar-refractivity contribution in [2.75, 3.05) is 13.2 Å². The van der Waals surface area contributed by atoms with Crippen molar-refractivity contribution in [2.45, 2.75) is 26.7 Å². The first-order chi connectivity index (χ1) is 8.19. The van der Waals surface area contributed by atoms with Crippen LogP contribution in [0.2, 0.25) is 0 Å². The Balaban J connectivity index is 2.87. The quantitative estimate of drug-likeness (QED) is 0.793. The normalized spacial score (nSPS) is 10.0. The lowest BCUT2D eigenvalue weighted by Gasteiger charge is -2.10. The molecular weight excluding hydrogens is 220 g/mol. The van der Waals surface area contributed by atoms with Gasteiger partial charge in [0.05, 0.1) is 13.2 Å². The SMILES string of the molecule is CCCOc1ccc(OCCC)c(C(=O)O)c1. The molecule has 0 bridgehead atoms. The Hall–Kier alpha value is -1.71. The Bertz CT molecular complexity index is 374. The molecule has 0 fully saturated rings. The molecule has 94 valence electrons.